The summed E-state index contributed by atoms with van der Waals surface area (Å²) >= 11 is 0. The number of ether oxygens (including phenoxy) is 1. The van der Waals surface area contributed by atoms with Crippen molar-refractivity contribution >= 4 is 10.8 Å². The van der Waals surface area contributed by atoms with Crippen molar-refractivity contribution < 1.29 is 9.84 Å². The van der Waals surface area contributed by atoms with E-state index in [4.69, 9.17) is 4.74 Å². The molecule has 3 aromatic rings. The largest absolute Gasteiger partial charge is 0.507 e. The number of morpholine rings is 1. The first-order chi connectivity index (χ1) is 13.0. The molecule has 2 heterocycles. The van der Waals surface area contributed by atoms with Crippen LogP contribution in [0.2, 0.25) is 0 Å². The Morgan fingerprint density at radius 2 is 1.78 bits per heavy atom. The minimum Gasteiger partial charge on any atom is -0.507 e. The van der Waals surface area contributed by atoms with Crippen LogP contribution in [0.3, 0.4) is 0 Å². The van der Waals surface area contributed by atoms with Crippen molar-refractivity contribution in [3.63, 3.8) is 0 Å². The number of aryl methyl sites for hydroxylation is 2. The van der Waals surface area contributed by atoms with Gasteiger partial charge < -0.3 is 14.8 Å². The molecule has 1 fully saturated rings. The summed E-state index contributed by atoms with van der Waals surface area (Å²) in [6, 6.07) is 11.9. The van der Waals surface area contributed by atoms with Crippen LogP contribution in [0.5, 0.6) is 5.75 Å². The van der Waals surface area contributed by atoms with E-state index >= 15 is 0 Å². The first kappa shape index (κ1) is 17.8. The summed E-state index contributed by atoms with van der Waals surface area (Å²) in [5.41, 5.74) is 4.31. The van der Waals surface area contributed by atoms with Crippen molar-refractivity contribution in [1.29, 1.82) is 0 Å². The van der Waals surface area contributed by atoms with E-state index in [0.717, 1.165) is 66.2 Å². The molecule has 2 aromatic carbocycles. The quantitative estimate of drug-likeness (QED) is 0.748. The number of phenolic OH excluding ortho intramolecular Hbond substituents is 1. The molecule has 0 saturated carbocycles. The summed E-state index contributed by atoms with van der Waals surface area (Å²) in [5, 5.41) is 11.6. The van der Waals surface area contributed by atoms with E-state index in [1.165, 1.54) is 0 Å². The Labute approximate surface area is 158 Å². The smallest absolute Gasteiger partial charge is 0.256 e. The lowest BCUT2D eigenvalue weighted by Crippen LogP contribution is -2.35. The molecule has 1 aliphatic heterocycles. The van der Waals surface area contributed by atoms with Gasteiger partial charge in [0.15, 0.2) is 0 Å². The number of rotatable bonds is 3. The molecular weight excluding hydrogens is 340 g/mol. The van der Waals surface area contributed by atoms with Gasteiger partial charge in [-0.2, -0.15) is 0 Å². The van der Waals surface area contributed by atoms with Crippen molar-refractivity contribution in [3.05, 3.63) is 63.4 Å². The molecule has 0 spiro atoms. The Balaban J connectivity index is 1.70. The van der Waals surface area contributed by atoms with E-state index in [0.29, 0.717) is 11.1 Å². The van der Waals surface area contributed by atoms with Crippen LogP contribution in [0.15, 0.2) is 41.2 Å². The maximum absolute atomic E-state index is 12.7. The summed E-state index contributed by atoms with van der Waals surface area (Å²) in [5.74, 6) is 0.301. The molecule has 1 aliphatic rings. The summed E-state index contributed by atoms with van der Waals surface area (Å²) in [4.78, 5) is 18.1. The van der Waals surface area contributed by atoms with E-state index in [-0.39, 0.29) is 5.56 Å². The molecule has 1 aromatic heterocycles. The molecule has 27 heavy (non-hydrogen) atoms. The zero-order valence-corrected chi connectivity index (χ0v) is 15.7. The highest BCUT2D eigenvalue weighted by molar-refractivity contribution is 5.86. The van der Waals surface area contributed by atoms with E-state index in [1.807, 2.05) is 44.2 Å². The van der Waals surface area contributed by atoms with Gasteiger partial charge >= 0.3 is 0 Å². The summed E-state index contributed by atoms with van der Waals surface area (Å²) in [6.45, 7) is 7.94. The molecule has 0 bridgehead atoms. The zero-order chi connectivity index (χ0) is 19.0. The van der Waals surface area contributed by atoms with Crippen molar-refractivity contribution in [2.45, 2.75) is 20.4 Å². The predicted octanol–water partition coefficient (Wildman–Crippen LogP) is 3.35. The third kappa shape index (κ3) is 3.61. The van der Waals surface area contributed by atoms with Crippen LogP contribution in [-0.4, -0.2) is 41.3 Å². The second kappa shape index (κ2) is 7.18. The van der Waals surface area contributed by atoms with Gasteiger partial charge in [-0.05, 0) is 65.8 Å². The molecule has 140 valence electrons. The number of aromatic hydroxyl groups is 1. The summed E-state index contributed by atoms with van der Waals surface area (Å²) in [6.07, 6.45) is 0. The standard InChI is InChI=1S/C22H24N2O3/c1-14-9-18(10-15(2)21(14)25)20-12-17-4-3-16(11-19(17)22(26)23-20)13-24-5-7-27-8-6-24/h3-4,9-12,25H,5-8,13H2,1-2H3,(H,23,26). The third-order valence-electron chi connectivity index (χ3n) is 5.22. The highest BCUT2D eigenvalue weighted by Gasteiger charge is 2.12. The summed E-state index contributed by atoms with van der Waals surface area (Å²) < 4.78 is 5.39. The number of H-pyrrole nitrogens is 1. The number of benzene rings is 2. The number of nitrogens with zero attached hydrogens (tertiary/aromatic N) is 1. The molecule has 5 nitrogen and oxygen atoms in total. The minimum atomic E-state index is -0.0882. The highest BCUT2D eigenvalue weighted by Crippen LogP contribution is 2.29. The topological polar surface area (TPSA) is 65.6 Å². The van der Waals surface area contributed by atoms with Crippen molar-refractivity contribution in [1.82, 2.24) is 9.88 Å². The fraction of sp³-hybridized carbons (Fsp3) is 0.318. The second-order valence-corrected chi connectivity index (χ2v) is 7.28. The molecule has 1 saturated heterocycles. The SMILES string of the molecule is Cc1cc(-c2cc3ccc(CN4CCOCC4)cc3c(=O)[nH]2)cc(C)c1O. The van der Waals surface area contributed by atoms with Crippen LogP contribution in [-0.2, 0) is 11.3 Å². The number of aromatic nitrogens is 1. The highest BCUT2D eigenvalue weighted by atomic mass is 16.5. The fourth-order valence-electron chi connectivity index (χ4n) is 3.69. The van der Waals surface area contributed by atoms with E-state index in [1.54, 1.807) is 0 Å². The van der Waals surface area contributed by atoms with Crippen LogP contribution < -0.4 is 5.56 Å². The molecule has 0 radical (unpaired) electrons. The van der Waals surface area contributed by atoms with Gasteiger partial charge in [0.25, 0.3) is 5.56 Å². The number of nitrogens with one attached hydrogen (secondary N) is 1. The average molecular weight is 364 g/mol. The van der Waals surface area contributed by atoms with E-state index in [9.17, 15) is 9.90 Å². The number of hydrogen-bond donors (Lipinski definition) is 2. The van der Waals surface area contributed by atoms with Crippen LogP contribution in [0.4, 0.5) is 0 Å². The number of phenols is 1. The second-order valence-electron chi connectivity index (χ2n) is 7.28. The van der Waals surface area contributed by atoms with Gasteiger partial charge in [0.05, 0.1) is 13.2 Å². The minimum absolute atomic E-state index is 0.0882. The molecule has 0 amide bonds. The van der Waals surface area contributed by atoms with Gasteiger partial charge in [-0.3, -0.25) is 9.69 Å². The Bertz CT molecular complexity index is 1030. The van der Waals surface area contributed by atoms with Gasteiger partial charge in [-0.15, -0.1) is 0 Å². The molecule has 4 rings (SSSR count). The Morgan fingerprint density at radius 3 is 2.48 bits per heavy atom. The first-order valence-corrected chi connectivity index (χ1v) is 9.28. The lowest BCUT2D eigenvalue weighted by molar-refractivity contribution is 0.0342. The molecule has 0 aliphatic carbocycles. The van der Waals surface area contributed by atoms with Crippen LogP contribution >= 0.6 is 0 Å². The van der Waals surface area contributed by atoms with Gasteiger partial charge in [0.2, 0.25) is 0 Å². The lowest BCUT2D eigenvalue weighted by Gasteiger charge is -2.26. The van der Waals surface area contributed by atoms with Gasteiger partial charge in [0, 0.05) is 30.7 Å². The Kier molecular flexibility index (Phi) is 4.72. The van der Waals surface area contributed by atoms with Gasteiger partial charge in [-0.1, -0.05) is 12.1 Å². The molecule has 5 heteroatoms. The Hall–Kier alpha value is -2.63. The monoisotopic (exact) mass is 364 g/mol. The molecule has 2 N–H and O–H groups in total. The molecular formula is C22H24N2O3. The number of pyridine rings is 1. The maximum atomic E-state index is 12.7. The van der Waals surface area contributed by atoms with Crippen molar-refractivity contribution in [2.24, 2.45) is 0 Å². The average Bonchev–Trinajstić information content (AvgIpc) is 2.67. The first-order valence-electron chi connectivity index (χ1n) is 9.28. The number of aromatic amines is 1. The van der Waals surface area contributed by atoms with E-state index in [2.05, 4.69) is 16.0 Å². The molecule has 0 unspecified atom stereocenters. The van der Waals surface area contributed by atoms with Crippen LogP contribution in [0, 0.1) is 13.8 Å². The number of fused-ring (bicyclic) bond motifs is 1. The normalized spacial score (nSPS) is 15.3. The third-order valence-corrected chi connectivity index (χ3v) is 5.22. The van der Waals surface area contributed by atoms with Crippen LogP contribution in [0.25, 0.3) is 22.0 Å². The maximum Gasteiger partial charge on any atom is 0.256 e. The van der Waals surface area contributed by atoms with Crippen LogP contribution in [0.1, 0.15) is 16.7 Å². The Morgan fingerprint density at radius 1 is 1.07 bits per heavy atom. The van der Waals surface area contributed by atoms with Crippen molar-refractivity contribution in [3.8, 4) is 17.0 Å². The summed E-state index contributed by atoms with van der Waals surface area (Å²) in [7, 11) is 0. The van der Waals surface area contributed by atoms with Gasteiger partial charge in [-0.25, -0.2) is 0 Å². The lowest BCUT2D eigenvalue weighted by atomic mass is 10.0. The molecule has 0 atom stereocenters. The van der Waals surface area contributed by atoms with Crippen molar-refractivity contribution in [2.75, 3.05) is 26.3 Å². The zero-order valence-electron chi connectivity index (χ0n) is 15.7. The number of hydrogen-bond acceptors (Lipinski definition) is 4. The fourth-order valence-corrected chi connectivity index (χ4v) is 3.69. The predicted molar refractivity (Wildman–Crippen MR) is 107 cm³/mol. The van der Waals surface area contributed by atoms with E-state index < -0.39 is 0 Å². The van der Waals surface area contributed by atoms with Gasteiger partial charge in [0.1, 0.15) is 5.75 Å².